The summed E-state index contributed by atoms with van der Waals surface area (Å²) in [7, 11) is 5.64. The first kappa shape index (κ1) is 12.8. The number of hydrogen-bond acceptors (Lipinski definition) is 4. The first-order valence-corrected chi connectivity index (χ1v) is 4.49. The van der Waals surface area contributed by atoms with Crippen molar-refractivity contribution in [1.82, 2.24) is 4.98 Å². The fraction of sp³-hybridized carbons (Fsp3) is 0. The third-order valence-corrected chi connectivity index (χ3v) is 2.39. The van der Waals surface area contributed by atoms with Gasteiger partial charge in [0.2, 0.25) is 0 Å². The van der Waals surface area contributed by atoms with E-state index in [-0.39, 0.29) is 11.0 Å². The van der Waals surface area contributed by atoms with Crippen LogP contribution >= 0.6 is 11.3 Å². The van der Waals surface area contributed by atoms with Gasteiger partial charge in [0.25, 0.3) is 0 Å². The SMILES string of the molecule is [B+2]c1cccc(-c2nccs2)c1.[OH-].[OH-]. The Bertz CT molecular complexity index is 378. The minimum atomic E-state index is 0. The zero-order valence-corrected chi connectivity index (χ0v) is 8.11. The van der Waals surface area contributed by atoms with E-state index in [0.29, 0.717) is 0 Å². The van der Waals surface area contributed by atoms with Crippen LogP contribution in [-0.2, 0) is 0 Å². The van der Waals surface area contributed by atoms with E-state index in [2.05, 4.69) is 4.98 Å². The normalized spacial score (nSPS) is 8.71. The molecule has 0 aliphatic rings. The average Bonchev–Trinajstić information content (AvgIpc) is 2.56. The van der Waals surface area contributed by atoms with Crippen LogP contribution in [0.2, 0.25) is 0 Å². The molecule has 14 heavy (non-hydrogen) atoms. The largest absolute Gasteiger partial charge is 0.870 e. The van der Waals surface area contributed by atoms with Crippen LogP contribution in [0, 0.1) is 0 Å². The van der Waals surface area contributed by atoms with Crippen LogP contribution in [0.5, 0.6) is 0 Å². The Balaban J connectivity index is 0.000000845. The number of hydrogen-bond donors (Lipinski definition) is 0. The summed E-state index contributed by atoms with van der Waals surface area (Å²) < 4.78 is 0. The van der Waals surface area contributed by atoms with E-state index in [1.165, 1.54) is 0 Å². The van der Waals surface area contributed by atoms with Crippen LogP contribution in [0.15, 0.2) is 35.8 Å². The van der Waals surface area contributed by atoms with E-state index < -0.39 is 0 Å². The molecule has 0 radical (unpaired) electrons. The van der Waals surface area contributed by atoms with Gasteiger partial charge < -0.3 is 11.0 Å². The van der Waals surface area contributed by atoms with Crippen molar-refractivity contribution in [3.05, 3.63) is 35.8 Å². The van der Waals surface area contributed by atoms with Gasteiger partial charge in [0.15, 0.2) is 0 Å². The zero-order valence-electron chi connectivity index (χ0n) is 7.29. The molecule has 1 aromatic carbocycles. The molecule has 0 saturated carbocycles. The van der Waals surface area contributed by atoms with Crippen LogP contribution in [-0.4, -0.2) is 23.8 Å². The van der Waals surface area contributed by atoms with Crippen molar-refractivity contribution in [3.63, 3.8) is 0 Å². The maximum atomic E-state index is 5.64. The fourth-order valence-corrected chi connectivity index (χ4v) is 1.67. The molecule has 0 unspecified atom stereocenters. The maximum Gasteiger partial charge on any atom is -0.870 e. The van der Waals surface area contributed by atoms with Gasteiger partial charge in [-0.25, -0.2) is 0 Å². The van der Waals surface area contributed by atoms with Crippen LogP contribution < -0.4 is 5.46 Å². The van der Waals surface area contributed by atoms with E-state index in [9.17, 15) is 0 Å². The maximum absolute atomic E-state index is 5.64. The topological polar surface area (TPSA) is 72.9 Å². The molecule has 0 aliphatic carbocycles. The van der Waals surface area contributed by atoms with Gasteiger partial charge in [0.05, 0.1) is 0 Å². The first-order valence-electron chi connectivity index (χ1n) is 3.62. The predicted molar refractivity (Wildman–Crippen MR) is 56.8 cm³/mol. The van der Waals surface area contributed by atoms with Gasteiger partial charge in [-0.1, -0.05) is 0 Å². The molecule has 0 aliphatic heterocycles. The Morgan fingerprint density at radius 1 is 1.21 bits per heavy atom. The Morgan fingerprint density at radius 3 is 2.57 bits per heavy atom. The van der Waals surface area contributed by atoms with Gasteiger partial charge in [-0.15, -0.1) is 0 Å². The molecule has 1 heterocycles. The van der Waals surface area contributed by atoms with Crippen molar-refractivity contribution < 1.29 is 11.0 Å². The smallest absolute Gasteiger partial charge is 0.870 e. The van der Waals surface area contributed by atoms with Gasteiger partial charge in [0.1, 0.15) is 0 Å². The summed E-state index contributed by atoms with van der Waals surface area (Å²) in [6.45, 7) is 0. The second-order valence-corrected chi connectivity index (χ2v) is 3.36. The zero-order chi connectivity index (χ0) is 8.39. The van der Waals surface area contributed by atoms with E-state index in [1.54, 1.807) is 17.5 Å². The van der Waals surface area contributed by atoms with Gasteiger partial charge in [-0.3, -0.25) is 0 Å². The summed E-state index contributed by atoms with van der Waals surface area (Å²) in [5.74, 6) is 0. The van der Waals surface area contributed by atoms with Crippen LogP contribution in [0.1, 0.15) is 0 Å². The van der Waals surface area contributed by atoms with Gasteiger partial charge in [0, 0.05) is 0 Å². The Hall–Kier alpha value is -1.17. The Morgan fingerprint density at radius 2 is 2.00 bits per heavy atom. The van der Waals surface area contributed by atoms with Crippen molar-refractivity contribution in [2.24, 2.45) is 0 Å². The Labute approximate surface area is 87.5 Å². The van der Waals surface area contributed by atoms with E-state index in [0.717, 1.165) is 16.0 Å². The van der Waals surface area contributed by atoms with Gasteiger partial charge >= 0.3 is 76.0 Å². The molecule has 0 spiro atoms. The standard InChI is InChI=1S/C9H6BNS.2H2O/c10-8-3-1-2-7(6-8)9-11-4-5-12-9;;/h1-6H;2*1H2/q+2;;/p-2. The monoisotopic (exact) mass is 205 g/mol. The van der Waals surface area contributed by atoms with E-state index in [1.807, 2.05) is 29.6 Å². The molecule has 0 bridgehead atoms. The summed E-state index contributed by atoms with van der Waals surface area (Å²) in [5.41, 5.74) is 1.87. The first-order chi connectivity index (χ1) is 5.86. The molecule has 2 rings (SSSR count). The number of aromatic nitrogens is 1. The van der Waals surface area contributed by atoms with Crippen molar-refractivity contribution in [2.45, 2.75) is 0 Å². The van der Waals surface area contributed by atoms with Gasteiger partial charge in [-0.2, -0.15) is 0 Å². The van der Waals surface area contributed by atoms with Crippen LogP contribution in [0.4, 0.5) is 0 Å². The summed E-state index contributed by atoms with van der Waals surface area (Å²) in [4.78, 5) is 4.19. The number of benzene rings is 1. The van der Waals surface area contributed by atoms with Crippen LogP contribution in [0.3, 0.4) is 0 Å². The third-order valence-electron chi connectivity index (χ3n) is 1.57. The molecule has 0 fully saturated rings. The summed E-state index contributed by atoms with van der Waals surface area (Å²) >= 11 is 1.62. The van der Waals surface area contributed by atoms with E-state index in [4.69, 9.17) is 7.85 Å². The van der Waals surface area contributed by atoms with Crippen molar-refractivity contribution in [3.8, 4) is 10.6 Å². The number of rotatable bonds is 1. The molecule has 70 valence electrons. The van der Waals surface area contributed by atoms with Crippen molar-refractivity contribution in [1.29, 1.82) is 0 Å². The molecule has 3 nitrogen and oxygen atoms in total. The van der Waals surface area contributed by atoms with Crippen molar-refractivity contribution >= 4 is 24.6 Å². The molecule has 2 N–H and O–H groups in total. The van der Waals surface area contributed by atoms with Crippen LogP contribution in [0.25, 0.3) is 10.6 Å². The van der Waals surface area contributed by atoms with E-state index >= 15 is 0 Å². The molecule has 1 aromatic heterocycles. The second-order valence-electron chi connectivity index (χ2n) is 2.46. The summed E-state index contributed by atoms with van der Waals surface area (Å²) in [6, 6.07) is 7.75. The molecule has 0 atom stereocenters. The molecule has 5 heteroatoms. The fourth-order valence-electron chi connectivity index (χ4n) is 1.04. The van der Waals surface area contributed by atoms with Crippen molar-refractivity contribution in [2.75, 3.05) is 0 Å². The minimum absolute atomic E-state index is 0. The molecule has 0 amide bonds. The molecular weight excluding hydrogens is 197 g/mol. The third kappa shape index (κ3) is 2.66. The number of thiazole rings is 1. The summed E-state index contributed by atoms with van der Waals surface area (Å²) in [5, 5.41) is 2.97. The minimum Gasteiger partial charge on any atom is -0.870 e. The Kier molecular flexibility index (Phi) is 5.08. The second kappa shape index (κ2) is 5.54. The average molecular weight is 205 g/mol. The number of nitrogens with zero attached hydrogens (tertiary/aromatic N) is 1. The molecule has 0 saturated heterocycles. The summed E-state index contributed by atoms with van der Waals surface area (Å²) in [6.07, 6.45) is 1.79. The quantitative estimate of drug-likeness (QED) is 0.657. The molecular formula is C9H8BNO2S. The molecule has 2 aromatic rings. The predicted octanol–water partition coefficient (Wildman–Crippen LogP) is 1.25. The van der Waals surface area contributed by atoms with Gasteiger partial charge in [-0.05, 0) is 0 Å².